The van der Waals surface area contributed by atoms with Gasteiger partial charge in [-0.15, -0.1) is 0 Å². The minimum Gasteiger partial charge on any atom is -0.481 e. The maximum Gasteiger partial charge on any atom is 0.310 e. The lowest BCUT2D eigenvalue weighted by Gasteiger charge is -2.25. The van der Waals surface area contributed by atoms with Gasteiger partial charge in [0.15, 0.2) is 0 Å². The molecule has 0 saturated carbocycles. The normalized spacial score (nSPS) is 21.8. The van der Waals surface area contributed by atoms with Gasteiger partial charge in [-0.3, -0.25) is 9.59 Å². The van der Waals surface area contributed by atoms with E-state index < -0.39 is 17.8 Å². The van der Waals surface area contributed by atoms with Crippen molar-refractivity contribution in [2.24, 2.45) is 11.8 Å². The largest absolute Gasteiger partial charge is 0.481 e. The van der Waals surface area contributed by atoms with Gasteiger partial charge in [0.2, 0.25) is 0 Å². The standard InChI is InChI=1S/C19H32O4/c1-3-4-5-6-7-8-9-12-15(2)23-19(22)17-14-11-10-13-16(17)18(20)21/h10-11,15-17H,3-9,12-14H2,1-2H3,(H,20,21). The molecule has 0 aromatic carbocycles. The van der Waals surface area contributed by atoms with Crippen molar-refractivity contribution in [3.05, 3.63) is 12.2 Å². The summed E-state index contributed by atoms with van der Waals surface area (Å²) in [5.41, 5.74) is 0. The lowest BCUT2D eigenvalue weighted by Crippen LogP contribution is -2.33. The van der Waals surface area contributed by atoms with E-state index in [1.807, 2.05) is 19.1 Å². The molecular weight excluding hydrogens is 292 g/mol. The number of carboxylic acids is 1. The fraction of sp³-hybridized carbons (Fsp3) is 0.789. The first-order chi connectivity index (χ1) is 11.1. The smallest absolute Gasteiger partial charge is 0.310 e. The van der Waals surface area contributed by atoms with E-state index in [0.717, 1.165) is 12.8 Å². The number of ether oxygens (including phenoxy) is 1. The van der Waals surface area contributed by atoms with Crippen LogP contribution in [0, 0.1) is 11.8 Å². The van der Waals surface area contributed by atoms with Crippen molar-refractivity contribution in [2.75, 3.05) is 0 Å². The highest BCUT2D eigenvalue weighted by Gasteiger charge is 2.35. The highest BCUT2D eigenvalue weighted by molar-refractivity contribution is 5.81. The fourth-order valence-electron chi connectivity index (χ4n) is 3.08. The van der Waals surface area contributed by atoms with E-state index in [1.165, 1.54) is 38.5 Å². The van der Waals surface area contributed by atoms with Crippen LogP contribution in [0.1, 0.15) is 78.1 Å². The molecular formula is C19H32O4. The molecule has 1 aliphatic carbocycles. The van der Waals surface area contributed by atoms with Gasteiger partial charge in [-0.25, -0.2) is 0 Å². The number of esters is 1. The van der Waals surface area contributed by atoms with Gasteiger partial charge in [0.25, 0.3) is 0 Å². The van der Waals surface area contributed by atoms with Crippen LogP contribution in [0.2, 0.25) is 0 Å². The summed E-state index contributed by atoms with van der Waals surface area (Å²) in [6, 6.07) is 0. The Bertz CT molecular complexity index is 389. The zero-order valence-corrected chi connectivity index (χ0v) is 14.6. The summed E-state index contributed by atoms with van der Waals surface area (Å²) in [7, 11) is 0. The van der Waals surface area contributed by atoms with Crippen LogP contribution in [0.4, 0.5) is 0 Å². The maximum atomic E-state index is 12.2. The van der Waals surface area contributed by atoms with Crippen LogP contribution >= 0.6 is 0 Å². The van der Waals surface area contributed by atoms with Crippen molar-refractivity contribution in [1.29, 1.82) is 0 Å². The SMILES string of the molecule is CCCCCCCCCC(C)OC(=O)C1CC=CCC1C(=O)O. The predicted molar refractivity (Wildman–Crippen MR) is 91.2 cm³/mol. The number of rotatable bonds is 11. The van der Waals surface area contributed by atoms with Gasteiger partial charge in [-0.2, -0.15) is 0 Å². The molecule has 0 amide bonds. The third kappa shape index (κ3) is 7.67. The number of hydrogen-bond acceptors (Lipinski definition) is 3. The molecule has 132 valence electrons. The Morgan fingerprint density at radius 3 is 2.22 bits per heavy atom. The van der Waals surface area contributed by atoms with E-state index in [-0.39, 0.29) is 12.1 Å². The lowest BCUT2D eigenvalue weighted by atomic mass is 9.83. The molecule has 0 aromatic heterocycles. The van der Waals surface area contributed by atoms with Gasteiger partial charge in [-0.1, -0.05) is 57.6 Å². The number of aliphatic carboxylic acids is 1. The minimum atomic E-state index is -0.906. The minimum absolute atomic E-state index is 0.126. The maximum absolute atomic E-state index is 12.2. The summed E-state index contributed by atoms with van der Waals surface area (Å²) in [5.74, 6) is -2.43. The van der Waals surface area contributed by atoms with E-state index >= 15 is 0 Å². The van der Waals surface area contributed by atoms with E-state index in [2.05, 4.69) is 6.92 Å². The van der Waals surface area contributed by atoms with Crippen molar-refractivity contribution in [3.8, 4) is 0 Å². The second kappa shape index (κ2) is 11.3. The van der Waals surface area contributed by atoms with Crippen LogP contribution in [0.15, 0.2) is 12.2 Å². The van der Waals surface area contributed by atoms with Gasteiger partial charge >= 0.3 is 11.9 Å². The Morgan fingerprint density at radius 1 is 1.04 bits per heavy atom. The highest BCUT2D eigenvalue weighted by Crippen LogP contribution is 2.27. The van der Waals surface area contributed by atoms with Crippen LogP contribution in [-0.2, 0) is 14.3 Å². The second-order valence-electron chi connectivity index (χ2n) is 6.65. The average Bonchev–Trinajstić information content (AvgIpc) is 2.53. The molecule has 4 nitrogen and oxygen atoms in total. The van der Waals surface area contributed by atoms with Gasteiger partial charge in [-0.05, 0) is 32.6 Å². The van der Waals surface area contributed by atoms with Crippen molar-refractivity contribution in [1.82, 2.24) is 0 Å². The predicted octanol–water partition coefficient (Wildman–Crippen LogP) is 4.73. The Morgan fingerprint density at radius 2 is 1.61 bits per heavy atom. The zero-order chi connectivity index (χ0) is 17.1. The molecule has 23 heavy (non-hydrogen) atoms. The van der Waals surface area contributed by atoms with Crippen LogP contribution in [-0.4, -0.2) is 23.1 Å². The summed E-state index contributed by atoms with van der Waals surface area (Å²) in [5, 5.41) is 9.21. The van der Waals surface area contributed by atoms with Crippen LogP contribution in [0.3, 0.4) is 0 Å². The molecule has 3 unspecified atom stereocenters. The molecule has 0 aliphatic heterocycles. The number of unbranched alkanes of at least 4 members (excludes halogenated alkanes) is 6. The Balaban J connectivity index is 2.22. The molecule has 0 fully saturated rings. The molecule has 0 aromatic rings. The molecule has 1 N–H and O–H groups in total. The van der Waals surface area contributed by atoms with Crippen LogP contribution in [0.5, 0.6) is 0 Å². The molecule has 0 spiro atoms. The third-order valence-electron chi connectivity index (χ3n) is 4.58. The van der Waals surface area contributed by atoms with E-state index in [9.17, 15) is 14.7 Å². The quantitative estimate of drug-likeness (QED) is 0.339. The first-order valence-electron chi connectivity index (χ1n) is 9.14. The average molecular weight is 324 g/mol. The van der Waals surface area contributed by atoms with Crippen LogP contribution in [0.25, 0.3) is 0 Å². The summed E-state index contributed by atoms with van der Waals surface area (Å²) in [6.45, 7) is 4.12. The number of carboxylic acid groups (broad SMARTS) is 1. The zero-order valence-electron chi connectivity index (χ0n) is 14.6. The van der Waals surface area contributed by atoms with Crippen LogP contribution < -0.4 is 0 Å². The molecule has 0 bridgehead atoms. The lowest BCUT2D eigenvalue weighted by molar-refractivity contribution is -0.161. The molecule has 1 aliphatic rings. The molecule has 3 atom stereocenters. The van der Waals surface area contributed by atoms with E-state index in [4.69, 9.17) is 4.74 Å². The van der Waals surface area contributed by atoms with E-state index in [1.54, 1.807) is 0 Å². The number of allylic oxidation sites excluding steroid dienone is 2. The highest BCUT2D eigenvalue weighted by atomic mass is 16.5. The van der Waals surface area contributed by atoms with Crippen molar-refractivity contribution >= 4 is 11.9 Å². The molecule has 1 rings (SSSR count). The summed E-state index contributed by atoms with van der Waals surface area (Å²) in [6.07, 6.45) is 14.0. The summed E-state index contributed by atoms with van der Waals surface area (Å²) < 4.78 is 5.48. The first-order valence-corrected chi connectivity index (χ1v) is 9.14. The van der Waals surface area contributed by atoms with E-state index in [0.29, 0.717) is 12.8 Å². The molecule has 0 saturated heterocycles. The van der Waals surface area contributed by atoms with Crippen molar-refractivity contribution < 1.29 is 19.4 Å². The molecule has 0 radical (unpaired) electrons. The third-order valence-corrected chi connectivity index (χ3v) is 4.58. The number of carbonyl (C=O) groups is 2. The Kier molecular flexibility index (Phi) is 9.65. The van der Waals surface area contributed by atoms with Gasteiger partial charge in [0.05, 0.1) is 17.9 Å². The van der Waals surface area contributed by atoms with Crippen molar-refractivity contribution in [3.63, 3.8) is 0 Å². The van der Waals surface area contributed by atoms with Gasteiger partial charge in [0.1, 0.15) is 0 Å². The van der Waals surface area contributed by atoms with Gasteiger partial charge < -0.3 is 9.84 Å². The first kappa shape index (κ1) is 19.7. The monoisotopic (exact) mass is 324 g/mol. The Labute approximate surface area is 140 Å². The Hall–Kier alpha value is -1.32. The van der Waals surface area contributed by atoms with Gasteiger partial charge in [0, 0.05) is 0 Å². The summed E-state index contributed by atoms with van der Waals surface area (Å²) in [4.78, 5) is 23.4. The molecule has 4 heteroatoms. The molecule has 0 heterocycles. The second-order valence-corrected chi connectivity index (χ2v) is 6.65. The number of hydrogen-bond donors (Lipinski definition) is 1. The summed E-state index contributed by atoms with van der Waals surface area (Å²) >= 11 is 0. The fourth-order valence-corrected chi connectivity index (χ4v) is 3.08. The van der Waals surface area contributed by atoms with Crippen molar-refractivity contribution in [2.45, 2.75) is 84.2 Å². The number of carbonyl (C=O) groups excluding carboxylic acids is 1. The topological polar surface area (TPSA) is 63.6 Å².